The second-order valence-electron chi connectivity index (χ2n) is 8.78. The zero-order valence-corrected chi connectivity index (χ0v) is 20.5. The average molecular weight is 473 g/mol. The first-order chi connectivity index (χ1) is 16.6. The number of aryl methyl sites for hydroxylation is 3. The van der Waals surface area contributed by atoms with E-state index in [4.69, 9.17) is 0 Å². The van der Waals surface area contributed by atoms with E-state index in [2.05, 4.69) is 40.6 Å². The quantitative estimate of drug-likeness (QED) is 0.305. The van der Waals surface area contributed by atoms with E-state index in [0.717, 1.165) is 22.5 Å². The van der Waals surface area contributed by atoms with Crippen molar-refractivity contribution >= 4 is 17.3 Å². The summed E-state index contributed by atoms with van der Waals surface area (Å²) in [5.41, 5.74) is 6.83. The molecule has 0 aliphatic heterocycles. The maximum absolute atomic E-state index is 13.1. The van der Waals surface area contributed by atoms with E-state index < -0.39 is 4.92 Å². The molecule has 180 valence electrons. The molecular weight excluding hydrogens is 444 g/mol. The molecule has 0 aliphatic carbocycles. The lowest BCUT2D eigenvalue weighted by molar-refractivity contribution is -0.386. The lowest BCUT2D eigenvalue weighted by Gasteiger charge is -2.09. The summed E-state index contributed by atoms with van der Waals surface area (Å²) in [5.74, 6) is -0.243. The highest BCUT2D eigenvalue weighted by Gasteiger charge is 2.22. The number of nitrogens with zero attached hydrogens (tertiary/aromatic N) is 5. The molecule has 2 aromatic carbocycles. The van der Waals surface area contributed by atoms with Crippen LogP contribution in [0.1, 0.15) is 49.8 Å². The fraction of sp³-hybridized carbons (Fsp3) is 0.269. The Hall–Kier alpha value is -4.27. The first-order valence-electron chi connectivity index (χ1n) is 11.3. The zero-order chi connectivity index (χ0) is 25.3. The Bertz CT molecular complexity index is 1430. The van der Waals surface area contributed by atoms with Gasteiger partial charge >= 0.3 is 5.69 Å². The Morgan fingerprint density at radius 1 is 0.886 bits per heavy atom. The third kappa shape index (κ3) is 4.98. The molecule has 0 spiro atoms. The number of carbonyl (C=O) groups excluding carboxylic acids is 1. The normalized spacial score (nSPS) is 11.0. The van der Waals surface area contributed by atoms with Gasteiger partial charge in [0.05, 0.1) is 35.1 Å². The summed E-state index contributed by atoms with van der Waals surface area (Å²) in [4.78, 5) is 24.0. The maximum Gasteiger partial charge on any atom is 0.312 e. The number of carbonyl (C=O) groups is 1. The average Bonchev–Trinajstić information content (AvgIpc) is 3.22. The van der Waals surface area contributed by atoms with Crippen molar-refractivity contribution in [2.75, 3.05) is 5.32 Å². The monoisotopic (exact) mass is 472 g/mol. The summed E-state index contributed by atoms with van der Waals surface area (Å²) in [6.07, 6.45) is 0. The van der Waals surface area contributed by atoms with Crippen LogP contribution in [0.2, 0.25) is 0 Å². The molecule has 1 amide bonds. The van der Waals surface area contributed by atoms with Gasteiger partial charge in [-0.15, -0.1) is 0 Å². The topological polar surface area (TPSA) is 108 Å². The standard InChI is InChI=1S/C26H28N6O3/c1-16-8-6-9-21(12-16)14-30-19(4)24(17(2)28-30)27-26(33)23-11-7-10-22(13-23)15-31-20(5)25(32(34)35)18(3)29-31/h6-13H,14-15H2,1-5H3,(H,27,33). The van der Waals surface area contributed by atoms with Crippen LogP contribution in [0.4, 0.5) is 11.4 Å². The van der Waals surface area contributed by atoms with Gasteiger partial charge in [-0.1, -0.05) is 42.0 Å². The van der Waals surface area contributed by atoms with E-state index in [9.17, 15) is 14.9 Å². The molecule has 35 heavy (non-hydrogen) atoms. The Balaban J connectivity index is 1.52. The summed E-state index contributed by atoms with van der Waals surface area (Å²) in [7, 11) is 0. The highest BCUT2D eigenvalue weighted by atomic mass is 16.6. The summed E-state index contributed by atoms with van der Waals surface area (Å²) >= 11 is 0. The lowest BCUT2D eigenvalue weighted by Crippen LogP contribution is -2.14. The van der Waals surface area contributed by atoms with Gasteiger partial charge in [0.1, 0.15) is 11.4 Å². The number of nitro groups is 1. The van der Waals surface area contributed by atoms with Crippen molar-refractivity contribution in [2.45, 2.75) is 47.7 Å². The third-order valence-corrected chi connectivity index (χ3v) is 6.08. The van der Waals surface area contributed by atoms with Crippen molar-refractivity contribution in [2.24, 2.45) is 0 Å². The van der Waals surface area contributed by atoms with E-state index in [0.29, 0.717) is 35.7 Å². The van der Waals surface area contributed by atoms with Gasteiger partial charge in [-0.25, -0.2) is 0 Å². The molecule has 0 saturated heterocycles. The Morgan fingerprint density at radius 3 is 2.11 bits per heavy atom. The van der Waals surface area contributed by atoms with Crippen molar-refractivity contribution < 1.29 is 9.72 Å². The predicted octanol–water partition coefficient (Wildman–Crippen LogP) is 4.88. The van der Waals surface area contributed by atoms with Crippen LogP contribution in [-0.2, 0) is 13.1 Å². The molecule has 0 saturated carbocycles. The molecule has 0 atom stereocenters. The second-order valence-corrected chi connectivity index (χ2v) is 8.78. The minimum absolute atomic E-state index is 0.0209. The van der Waals surface area contributed by atoms with Crippen LogP contribution in [-0.4, -0.2) is 30.4 Å². The van der Waals surface area contributed by atoms with Crippen LogP contribution in [0.25, 0.3) is 0 Å². The fourth-order valence-corrected chi connectivity index (χ4v) is 4.29. The molecule has 9 nitrogen and oxygen atoms in total. The smallest absolute Gasteiger partial charge is 0.312 e. The first-order valence-corrected chi connectivity index (χ1v) is 11.3. The van der Waals surface area contributed by atoms with Crippen LogP contribution < -0.4 is 5.32 Å². The van der Waals surface area contributed by atoms with E-state index in [-0.39, 0.29) is 11.6 Å². The van der Waals surface area contributed by atoms with Crippen LogP contribution in [0.3, 0.4) is 0 Å². The SMILES string of the molecule is Cc1cccc(Cn2nc(C)c(NC(=O)c3cccc(Cn4nc(C)c([N+](=O)[O-])c4C)c3)c2C)c1. The summed E-state index contributed by atoms with van der Waals surface area (Å²) in [6.45, 7) is 10.1. The molecule has 0 fully saturated rings. The van der Waals surface area contributed by atoms with Gasteiger partial charge in [-0.05, 0) is 57.9 Å². The molecule has 0 bridgehead atoms. The van der Waals surface area contributed by atoms with Gasteiger partial charge in [0.2, 0.25) is 0 Å². The number of rotatable bonds is 7. The number of hydrogen-bond acceptors (Lipinski definition) is 5. The maximum atomic E-state index is 13.1. The fourth-order valence-electron chi connectivity index (χ4n) is 4.29. The molecule has 9 heteroatoms. The molecule has 0 aliphatic rings. The largest absolute Gasteiger partial charge is 0.319 e. The van der Waals surface area contributed by atoms with E-state index in [1.165, 1.54) is 5.56 Å². The highest BCUT2D eigenvalue weighted by Crippen LogP contribution is 2.24. The van der Waals surface area contributed by atoms with Crippen LogP contribution >= 0.6 is 0 Å². The van der Waals surface area contributed by atoms with Gasteiger partial charge in [-0.2, -0.15) is 10.2 Å². The van der Waals surface area contributed by atoms with Gasteiger partial charge < -0.3 is 5.32 Å². The number of anilines is 1. The molecule has 0 unspecified atom stereocenters. The van der Waals surface area contributed by atoms with Crippen molar-refractivity contribution in [3.63, 3.8) is 0 Å². The first kappa shape index (κ1) is 23.9. The van der Waals surface area contributed by atoms with Gasteiger partial charge in [0.15, 0.2) is 0 Å². The summed E-state index contributed by atoms with van der Waals surface area (Å²) < 4.78 is 3.49. The number of nitrogens with one attached hydrogen (secondary N) is 1. The number of aromatic nitrogens is 4. The minimum atomic E-state index is -0.415. The number of benzene rings is 2. The van der Waals surface area contributed by atoms with Crippen molar-refractivity contribution in [3.8, 4) is 0 Å². The molecule has 4 rings (SSSR count). The predicted molar refractivity (Wildman–Crippen MR) is 134 cm³/mol. The van der Waals surface area contributed by atoms with E-state index in [1.54, 1.807) is 36.7 Å². The van der Waals surface area contributed by atoms with Gasteiger partial charge in [-0.3, -0.25) is 24.3 Å². The molecule has 4 aromatic rings. The van der Waals surface area contributed by atoms with Crippen molar-refractivity contribution in [1.29, 1.82) is 0 Å². The molecule has 1 N–H and O–H groups in total. The van der Waals surface area contributed by atoms with Crippen molar-refractivity contribution in [1.82, 2.24) is 19.6 Å². The van der Waals surface area contributed by atoms with E-state index >= 15 is 0 Å². The molecule has 0 radical (unpaired) electrons. The third-order valence-electron chi connectivity index (χ3n) is 6.08. The van der Waals surface area contributed by atoms with E-state index in [1.807, 2.05) is 30.7 Å². The molecule has 2 aromatic heterocycles. The number of amides is 1. The summed E-state index contributed by atoms with van der Waals surface area (Å²) in [6, 6.07) is 15.4. The van der Waals surface area contributed by atoms with Gasteiger partial charge in [0, 0.05) is 5.56 Å². The van der Waals surface area contributed by atoms with Crippen LogP contribution in [0.15, 0.2) is 48.5 Å². The van der Waals surface area contributed by atoms with Gasteiger partial charge in [0.25, 0.3) is 5.91 Å². The number of hydrogen-bond donors (Lipinski definition) is 1. The van der Waals surface area contributed by atoms with Crippen LogP contribution in [0, 0.1) is 44.7 Å². The minimum Gasteiger partial charge on any atom is -0.319 e. The highest BCUT2D eigenvalue weighted by molar-refractivity contribution is 6.05. The molecule has 2 heterocycles. The van der Waals surface area contributed by atoms with Crippen molar-refractivity contribution in [3.05, 3.63) is 104 Å². The van der Waals surface area contributed by atoms with Crippen LogP contribution in [0.5, 0.6) is 0 Å². The zero-order valence-electron chi connectivity index (χ0n) is 20.5. The Morgan fingerprint density at radius 2 is 1.49 bits per heavy atom. The lowest BCUT2D eigenvalue weighted by atomic mass is 10.1. The Kier molecular flexibility index (Phi) is 6.50. The molecular formula is C26H28N6O3. The summed E-state index contributed by atoms with van der Waals surface area (Å²) in [5, 5.41) is 23.2. The Labute approximate surface area is 203 Å². The second kappa shape index (κ2) is 9.54.